The van der Waals surface area contributed by atoms with E-state index in [0.29, 0.717) is 0 Å². The first kappa shape index (κ1) is 26.4. The van der Waals surface area contributed by atoms with E-state index in [2.05, 4.69) is 34.1 Å². The second-order valence-corrected chi connectivity index (χ2v) is 8.25. The van der Waals surface area contributed by atoms with Crippen molar-refractivity contribution < 1.29 is 41.0 Å². The number of hydrogen-bond acceptors (Lipinski definition) is 7. The van der Waals surface area contributed by atoms with Crippen molar-refractivity contribution in [3.63, 3.8) is 0 Å². The van der Waals surface area contributed by atoms with Gasteiger partial charge in [-0.25, -0.2) is 14.5 Å². The Labute approximate surface area is 220 Å². The molecular weight excluding hydrogens is 547 g/mol. The number of anilines is 1. The first-order chi connectivity index (χ1) is 18.9. The molecule has 0 atom stereocenters. The number of ether oxygens (including phenoxy) is 3. The number of nitrogens with zero attached hydrogens (tertiary/aromatic N) is 5. The summed E-state index contributed by atoms with van der Waals surface area (Å²) in [7, 11) is 0. The van der Waals surface area contributed by atoms with Gasteiger partial charge in [-0.15, -0.1) is 22.0 Å². The maximum Gasteiger partial charge on any atom is 0.586 e. The Balaban J connectivity index is 1.53. The summed E-state index contributed by atoms with van der Waals surface area (Å²) in [6.45, 7) is 8.26. The van der Waals surface area contributed by atoms with Crippen molar-refractivity contribution in [3.8, 4) is 28.5 Å². The van der Waals surface area contributed by atoms with Gasteiger partial charge in [-0.05, 0) is 42.8 Å². The number of fused-ring (bicyclic) bond motifs is 2. The van der Waals surface area contributed by atoms with Crippen molar-refractivity contribution in [1.29, 1.82) is 0 Å². The Kier molecular flexibility index (Phi) is 6.29. The summed E-state index contributed by atoms with van der Waals surface area (Å²) in [4.78, 5) is 37.3. The van der Waals surface area contributed by atoms with Crippen LogP contribution in [-0.2, 0) is 11.3 Å². The summed E-state index contributed by atoms with van der Waals surface area (Å²) in [5, 5.41) is 4.17. The Morgan fingerprint density at radius 2 is 1.95 bits per heavy atom. The van der Waals surface area contributed by atoms with Gasteiger partial charge in [-0.1, -0.05) is 0 Å². The standard InChI is InChI=1S/C24H15F5N6O5/c1-3-34(14-4-5-16-17(9-14)40-24(28,29)39-16)18(36)10-35-22(37)21-20(31-11-32-21)19(33-35)12-6-13(30-2)8-15(7-12)38-23(25,26)27/h4-9,11H,3,10H2,1H3,(H,31,32). The fourth-order valence-electron chi connectivity index (χ4n) is 4.08. The van der Waals surface area contributed by atoms with Crippen molar-refractivity contribution in [2.24, 2.45) is 0 Å². The molecule has 0 aliphatic carbocycles. The third-order valence-electron chi connectivity index (χ3n) is 5.66. The average Bonchev–Trinajstić information content (AvgIpc) is 3.48. The number of amides is 1. The van der Waals surface area contributed by atoms with E-state index in [1.165, 1.54) is 29.2 Å². The molecule has 0 spiro atoms. The minimum atomic E-state index is -5.04. The van der Waals surface area contributed by atoms with E-state index in [1.807, 2.05) is 0 Å². The zero-order valence-corrected chi connectivity index (χ0v) is 20.1. The van der Waals surface area contributed by atoms with E-state index in [9.17, 15) is 31.5 Å². The molecule has 16 heteroatoms. The van der Waals surface area contributed by atoms with Gasteiger partial charge < -0.3 is 24.1 Å². The largest absolute Gasteiger partial charge is 0.586 e. The molecule has 2 aromatic carbocycles. The second-order valence-electron chi connectivity index (χ2n) is 8.25. The van der Waals surface area contributed by atoms with E-state index >= 15 is 0 Å². The molecule has 0 bridgehead atoms. The summed E-state index contributed by atoms with van der Waals surface area (Å²) < 4.78 is 79.0. The van der Waals surface area contributed by atoms with Crippen LogP contribution in [0.4, 0.5) is 33.3 Å². The number of carbonyl (C=O) groups excluding carboxylic acids is 1. The highest BCUT2D eigenvalue weighted by Gasteiger charge is 2.43. The number of aromatic nitrogens is 4. The van der Waals surface area contributed by atoms with Crippen LogP contribution >= 0.6 is 0 Å². The van der Waals surface area contributed by atoms with Crippen LogP contribution < -0.4 is 24.7 Å². The minimum absolute atomic E-state index is 0.0159. The van der Waals surface area contributed by atoms with Crippen LogP contribution in [0.3, 0.4) is 0 Å². The van der Waals surface area contributed by atoms with Crippen LogP contribution in [0, 0.1) is 6.57 Å². The number of rotatable bonds is 6. The Hall–Kier alpha value is -5.20. The molecule has 40 heavy (non-hydrogen) atoms. The van der Waals surface area contributed by atoms with Crippen LogP contribution in [-0.4, -0.2) is 44.9 Å². The number of hydrogen-bond donors (Lipinski definition) is 1. The SMILES string of the molecule is [C-]#[N+]c1cc(OC(F)(F)F)cc(-c2nn(CC(=O)N(CC)c3ccc4c(c3)OC(F)(F)O4)c(=O)c3[nH]cnc23)c1. The van der Waals surface area contributed by atoms with Crippen molar-refractivity contribution in [3.05, 3.63) is 64.5 Å². The highest BCUT2D eigenvalue weighted by molar-refractivity contribution is 5.94. The summed E-state index contributed by atoms with van der Waals surface area (Å²) in [5.41, 5.74) is -1.05. The highest BCUT2D eigenvalue weighted by atomic mass is 19.4. The average molecular weight is 562 g/mol. The second kappa shape index (κ2) is 9.52. The maximum atomic E-state index is 13.4. The molecule has 0 unspecified atom stereocenters. The normalized spacial score (nSPS) is 13.7. The van der Waals surface area contributed by atoms with E-state index in [4.69, 9.17) is 6.57 Å². The zero-order valence-electron chi connectivity index (χ0n) is 20.1. The topological polar surface area (TPSA) is 116 Å². The summed E-state index contributed by atoms with van der Waals surface area (Å²) in [6, 6.07) is 6.80. The fourth-order valence-corrected chi connectivity index (χ4v) is 4.08. The fraction of sp³-hybridized carbons (Fsp3) is 0.208. The molecule has 1 N–H and O–H groups in total. The lowest BCUT2D eigenvalue weighted by molar-refractivity contribution is -0.286. The predicted molar refractivity (Wildman–Crippen MR) is 127 cm³/mol. The van der Waals surface area contributed by atoms with E-state index in [-0.39, 0.29) is 51.7 Å². The minimum Gasteiger partial charge on any atom is -0.407 e. The predicted octanol–water partition coefficient (Wildman–Crippen LogP) is 4.61. The van der Waals surface area contributed by atoms with Crippen LogP contribution in [0.5, 0.6) is 17.2 Å². The summed E-state index contributed by atoms with van der Waals surface area (Å²) in [6.07, 6.45) is -7.73. The lowest BCUT2D eigenvalue weighted by Gasteiger charge is -2.21. The molecule has 0 radical (unpaired) electrons. The van der Waals surface area contributed by atoms with Crippen molar-refractivity contribution >= 4 is 28.3 Å². The molecule has 1 aliphatic heterocycles. The molecule has 11 nitrogen and oxygen atoms in total. The van der Waals surface area contributed by atoms with Crippen LogP contribution in [0.1, 0.15) is 6.92 Å². The molecule has 2 aromatic heterocycles. The van der Waals surface area contributed by atoms with Gasteiger partial charge >= 0.3 is 12.7 Å². The van der Waals surface area contributed by atoms with Gasteiger partial charge in [0.05, 0.1) is 12.9 Å². The number of halogens is 5. The quantitative estimate of drug-likeness (QED) is 0.270. The van der Waals surface area contributed by atoms with Crippen molar-refractivity contribution in [2.45, 2.75) is 26.1 Å². The molecule has 3 heterocycles. The number of imidazole rings is 1. The summed E-state index contributed by atoms with van der Waals surface area (Å²) in [5.74, 6) is -1.88. The number of carbonyl (C=O) groups is 1. The Morgan fingerprint density at radius 3 is 2.65 bits per heavy atom. The lowest BCUT2D eigenvalue weighted by atomic mass is 10.1. The van der Waals surface area contributed by atoms with E-state index in [0.717, 1.165) is 23.1 Å². The van der Waals surface area contributed by atoms with Crippen molar-refractivity contribution in [1.82, 2.24) is 19.7 Å². The van der Waals surface area contributed by atoms with Crippen LogP contribution in [0.2, 0.25) is 0 Å². The van der Waals surface area contributed by atoms with Crippen LogP contribution in [0.25, 0.3) is 27.1 Å². The zero-order chi connectivity index (χ0) is 28.8. The molecule has 0 saturated heterocycles. The number of likely N-dealkylation sites (N-methyl/N-ethyl adjacent to an activating group) is 1. The highest BCUT2D eigenvalue weighted by Crippen LogP contribution is 2.43. The van der Waals surface area contributed by atoms with Crippen molar-refractivity contribution in [2.75, 3.05) is 11.4 Å². The first-order valence-electron chi connectivity index (χ1n) is 11.3. The van der Waals surface area contributed by atoms with Gasteiger partial charge in [-0.3, -0.25) is 9.59 Å². The van der Waals surface area contributed by atoms with E-state index in [1.54, 1.807) is 6.92 Å². The first-order valence-corrected chi connectivity index (χ1v) is 11.3. The number of benzene rings is 2. The van der Waals surface area contributed by atoms with Gasteiger partial charge in [0.2, 0.25) is 5.91 Å². The van der Waals surface area contributed by atoms with Gasteiger partial charge in [0.1, 0.15) is 29.0 Å². The molecule has 206 valence electrons. The van der Waals surface area contributed by atoms with Gasteiger partial charge in [0.25, 0.3) is 5.56 Å². The third-order valence-corrected chi connectivity index (χ3v) is 5.66. The van der Waals surface area contributed by atoms with Gasteiger partial charge in [-0.2, -0.15) is 5.10 Å². The number of H-pyrrole nitrogens is 1. The molecule has 1 amide bonds. The number of alkyl halides is 5. The van der Waals surface area contributed by atoms with Gasteiger partial charge in [0.15, 0.2) is 17.2 Å². The number of aromatic amines is 1. The molecule has 0 fully saturated rings. The Bertz CT molecular complexity index is 1740. The molecule has 4 aromatic rings. The van der Waals surface area contributed by atoms with Crippen LogP contribution in [0.15, 0.2) is 47.5 Å². The molecule has 0 saturated carbocycles. The smallest absolute Gasteiger partial charge is 0.407 e. The summed E-state index contributed by atoms with van der Waals surface area (Å²) >= 11 is 0. The monoisotopic (exact) mass is 562 g/mol. The van der Waals surface area contributed by atoms with E-state index < -0.39 is 36.4 Å². The Morgan fingerprint density at radius 1 is 1.20 bits per heavy atom. The molecule has 5 rings (SSSR count). The van der Waals surface area contributed by atoms with Gasteiger partial charge in [0, 0.05) is 18.3 Å². The maximum absolute atomic E-state index is 13.4. The third kappa shape index (κ3) is 5.08. The molecule has 1 aliphatic rings. The number of nitrogens with one attached hydrogen (secondary N) is 1. The molecular formula is C24H15F5N6O5. The lowest BCUT2D eigenvalue weighted by Crippen LogP contribution is -2.37.